The van der Waals surface area contributed by atoms with Gasteiger partial charge in [-0.05, 0) is 52.0 Å². The summed E-state index contributed by atoms with van der Waals surface area (Å²) in [6.45, 7) is 10.4. The first-order valence-corrected chi connectivity index (χ1v) is 19.2. The molecular formula is C40H74O3. The Bertz CT molecular complexity index is 659. The van der Waals surface area contributed by atoms with Gasteiger partial charge >= 0.3 is 0 Å². The van der Waals surface area contributed by atoms with Crippen LogP contribution in [0.4, 0.5) is 0 Å². The highest BCUT2D eigenvalue weighted by molar-refractivity contribution is 5.14. The summed E-state index contributed by atoms with van der Waals surface area (Å²) in [5.41, 5.74) is 1.50. The predicted octanol–water partition coefficient (Wildman–Crippen LogP) is 13.0. The van der Waals surface area contributed by atoms with Crippen molar-refractivity contribution in [1.82, 2.24) is 0 Å². The normalized spacial score (nSPS) is 12.7. The summed E-state index contributed by atoms with van der Waals surface area (Å²) < 4.78 is 18.7. The second-order valence-electron chi connectivity index (χ2n) is 12.8. The molecule has 0 bridgehead atoms. The maximum Gasteiger partial charge on any atom is 0.285 e. The minimum absolute atomic E-state index is 0.318. The quantitative estimate of drug-likeness (QED) is 0.0591. The van der Waals surface area contributed by atoms with E-state index in [1.54, 1.807) is 0 Å². The van der Waals surface area contributed by atoms with Crippen LogP contribution in [0.5, 0.6) is 0 Å². The van der Waals surface area contributed by atoms with Crippen molar-refractivity contribution in [3.05, 3.63) is 35.9 Å². The van der Waals surface area contributed by atoms with Gasteiger partial charge in [-0.2, -0.15) is 0 Å². The fraction of sp³-hybridized carbons (Fsp3) is 0.850. The van der Waals surface area contributed by atoms with Crippen LogP contribution in [0.1, 0.15) is 187 Å². The molecule has 0 radical (unpaired) electrons. The highest BCUT2D eigenvalue weighted by atomic mass is 16.9. The van der Waals surface area contributed by atoms with Gasteiger partial charge in [0.2, 0.25) is 0 Å². The van der Waals surface area contributed by atoms with Crippen LogP contribution in [0.2, 0.25) is 0 Å². The number of hydrogen-bond donors (Lipinski definition) is 0. The molecule has 0 saturated carbocycles. The molecule has 1 atom stereocenters. The largest absolute Gasteiger partial charge is 0.328 e. The maximum atomic E-state index is 6.22. The van der Waals surface area contributed by atoms with Crippen molar-refractivity contribution in [3.8, 4) is 0 Å². The fourth-order valence-corrected chi connectivity index (χ4v) is 6.59. The Labute approximate surface area is 269 Å². The number of hydrogen-bond acceptors (Lipinski definition) is 3. The molecule has 0 amide bonds. The van der Waals surface area contributed by atoms with Crippen molar-refractivity contribution in [2.75, 3.05) is 19.8 Å². The topological polar surface area (TPSA) is 27.7 Å². The van der Waals surface area contributed by atoms with E-state index in [1.807, 2.05) is 0 Å². The molecule has 0 fully saturated rings. The van der Waals surface area contributed by atoms with Gasteiger partial charge in [0, 0.05) is 25.7 Å². The molecule has 0 spiro atoms. The van der Waals surface area contributed by atoms with Gasteiger partial charge in [-0.3, -0.25) is 0 Å². The van der Waals surface area contributed by atoms with E-state index < -0.39 is 5.97 Å². The Morgan fingerprint density at radius 1 is 0.442 bits per heavy atom. The summed E-state index contributed by atoms with van der Waals surface area (Å²) in [7, 11) is 0. The van der Waals surface area contributed by atoms with Crippen molar-refractivity contribution in [2.24, 2.45) is 5.92 Å². The van der Waals surface area contributed by atoms with Crippen molar-refractivity contribution >= 4 is 0 Å². The Morgan fingerprint density at radius 2 is 0.791 bits per heavy atom. The van der Waals surface area contributed by atoms with Gasteiger partial charge in [0.25, 0.3) is 5.97 Å². The Kier molecular flexibility index (Phi) is 27.8. The van der Waals surface area contributed by atoms with Gasteiger partial charge in [-0.1, -0.05) is 172 Å². The zero-order valence-corrected chi connectivity index (χ0v) is 29.5. The molecule has 3 heteroatoms. The van der Waals surface area contributed by atoms with E-state index in [1.165, 1.54) is 153 Å². The number of benzene rings is 1. The molecular weight excluding hydrogens is 528 g/mol. The SMILES string of the molecule is CCCCCCCCC(CCCCCCCCCCCCCCCCCCc1ccccc1)C(OCC)(OCC)OCC. The van der Waals surface area contributed by atoms with Crippen LogP contribution in [0.3, 0.4) is 0 Å². The predicted molar refractivity (Wildman–Crippen MR) is 188 cm³/mol. The summed E-state index contributed by atoms with van der Waals surface area (Å²) >= 11 is 0. The monoisotopic (exact) mass is 603 g/mol. The molecule has 0 saturated heterocycles. The van der Waals surface area contributed by atoms with Crippen LogP contribution in [0.25, 0.3) is 0 Å². The summed E-state index contributed by atoms with van der Waals surface area (Å²) in [6.07, 6.45) is 33.8. The number of ether oxygens (including phenoxy) is 3. The Balaban J connectivity index is 2.08. The molecule has 1 aromatic carbocycles. The Hall–Kier alpha value is -0.900. The summed E-state index contributed by atoms with van der Waals surface area (Å²) in [5.74, 6) is -0.539. The molecule has 252 valence electrons. The van der Waals surface area contributed by atoms with E-state index in [4.69, 9.17) is 14.2 Å². The first kappa shape index (κ1) is 40.1. The number of aryl methyl sites for hydroxylation is 1. The lowest BCUT2D eigenvalue weighted by Gasteiger charge is -2.39. The third kappa shape index (κ3) is 21.5. The second kappa shape index (κ2) is 29.8. The first-order valence-electron chi connectivity index (χ1n) is 19.2. The van der Waals surface area contributed by atoms with Crippen LogP contribution >= 0.6 is 0 Å². The molecule has 0 aliphatic heterocycles. The van der Waals surface area contributed by atoms with E-state index in [0.717, 1.165) is 12.8 Å². The van der Waals surface area contributed by atoms with Gasteiger partial charge in [-0.25, -0.2) is 0 Å². The van der Waals surface area contributed by atoms with Gasteiger partial charge in [0.15, 0.2) is 0 Å². The average molecular weight is 603 g/mol. The maximum absolute atomic E-state index is 6.22. The van der Waals surface area contributed by atoms with Crippen LogP contribution in [0, 0.1) is 5.92 Å². The average Bonchev–Trinajstić information content (AvgIpc) is 3.02. The molecule has 0 heterocycles. The molecule has 1 unspecified atom stereocenters. The lowest BCUT2D eigenvalue weighted by atomic mass is 9.91. The first-order chi connectivity index (χ1) is 21.2. The smallest absolute Gasteiger partial charge is 0.285 e. The molecule has 0 aromatic heterocycles. The summed E-state index contributed by atoms with van der Waals surface area (Å²) in [5, 5.41) is 0. The molecule has 3 nitrogen and oxygen atoms in total. The molecule has 43 heavy (non-hydrogen) atoms. The zero-order valence-electron chi connectivity index (χ0n) is 29.5. The minimum Gasteiger partial charge on any atom is -0.328 e. The fourth-order valence-electron chi connectivity index (χ4n) is 6.59. The molecule has 0 aliphatic rings. The van der Waals surface area contributed by atoms with Crippen LogP contribution in [-0.2, 0) is 20.6 Å². The van der Waals surface area contributed by atoms with Crippen LogP contribution in [0.15, 0.2) is 30.3 Å². The van der Waals surface area contributed by atoms with Gasteiger partial charge < -0.3 is 14.2 Å². The van der Waals surface area contributed by atoms with Crippen LogP contribution in [-0.4, -0.2) is 25.8 Å². The van der Waals surface area contributed by atoms with E-state index >= 15 is 0 Å². The third-order valence-electron chi connectivity index (χ3n) is 9.05. The van der Waals surface area contributed by atoms with Crippen molar-refractivity contribution in [3.63, 3.8) is 0 Å². The van der Waals surface area contributed by atoms with Gasteiger partial charge in [-0.15, -0.1) is 0 Å². The van der Waals surface area contributed by atoms with Crippen molar-refractivity contribution in [1.29, 1.82) is 0 Å². The van der Waals surface area contributed by atoms with Crippen LogP contribution < -0.4 is 0 Å². The lowest BCUT2D eigenvalue weighted by Crippen LogP contribution is -2.46. The lowest BCUT2D eigenvalue weighted by molar-refractivity contribution is -0.403. The minimum atomic E-state index is -0.857. The standard InChI is InChI=1S/C40H74O3/c1-5-9-10-11-25-31-36-39(40(41-6-2,42-7-3)43-8-4)37-32-26-23-21-19-17-15-13-12-14-16-18-20-22-24-28-33-38-34-29-27-30-35-38/h27,29-30,34-35,39H,5-26,28,31-33,36-37H2,1-4H3. The highest BCUT2D eigenvalue weighted by Crippen LogP contribution is 2.34. The highest BCUT2D eigenvalue weighted by Gasteiger charge is 2.41. The summed E-state index contributed by atoms with van der Waals surface area (Å²) in [6, 6.07) is 10.9. The van der Waals surface area contributed by atoms with Crippen molar-refractivity contribution < 1.29 is 14.2 Å². The second-order valence-corrected chi connectivity index (χ2v) is 12.8. The molecule has 0 N–H and O–H groups in total. The Morgan fingerprint density at radius 3 is 1.16 bits per heavy atom. The molecule has 0 aliphatic carbocycles. The number of unbranched alkanes of at least 4 members (excludes halogenated alkanes) is 20. The van der Waals surface area contributed by atoms with Crippen molar-refractivity contribution in [2.45, 2.75) is 194 Å². The molecule has 1 rings (SSSR count). The molecule has 1 aromatic rings. The summed E-state index contributed by atoms with van der Waals surface area (Å²) in [4.78, 5) is 0. The zero-order chi connectivity index (χ0) is 31.1. The third-order valence-corrected chi connectivity index (χ3v) is 9.05. The van der Waals surface area contributed by atoms with E-state index in [-0.39, 0.29) is 0 Å². The van der Waals surface area contributed by atoms with Gasteiger partial charge in [0.1, 0.15) is 0 Å². The number of rotatable bonds is 33. The van der Waals surface area contributed by atoms with Gasteiger partial charge in [0.05, 0.1) is 0 Å². The van der Waals surface area contributed by atoms with E-state index in [2.05, 4.69) is 58.0 Å². The van der Waals surface area contributed by atoms with E-state index in [0.29, 0.717) is 25.7 Å². The van der Waals surface area contributed by atoms with E-state index in [9.17, 15) is 0 Å².